The van der Waals surface area contributed by atoms with E-state index in [-0.39, 0.29) is 17.9 Å². The fourth-order valence-electron chi connectivity index (χ4n) is 3.42. The molecule has 3 unspecified atom stereocenters. The minimum atomic E-state index is 0.0492. The zero-order valence-electron chi connectivity index (χ0n) is 11.8. The number of carbonyl (C=O) groups excluding carboxylic acids is 1. The average molecular weight is 252 g/mol. The maximum absolute atomic E-state index is 12.3. The quantitative estimate of drug-likeness (QED) is 0.793. The molecule has 0 bridgehead atoms. The molecule has 2 aliphatic rings. The van der Waals surface area contributed by atoms with Crippen molar-refractivity contribution >= 4 is 5.91 Å². The lowest BCUT2D eigenvalue weighted by atomic mass is 9.78. The van der Waals surface area contributed by atoms with Gasteiger partial charge in [-0.2, -0.15) is 0 Å². The second-order valence-electron chi connectivity index (χ2n) is 6.65. The summed E-state index contributed by atoms with van der Waals surface area (Å²) in [6, 6.07) is 0.474. The molecular formula is C15H28N2O. The van der Waals surface area contributed by atoms with Crippen LogP contribution in [-0.4, -0.2) is 18.0 Å². The molecular weight excluding hydrogens is 224 g/mol. The number of amides is 1. The zero-order valence-corrected chi connectivity index (χ0v) is 11.8. The first-order valence-corrected chi connectivity index (χ1v) is 7.62. The smallest absolute Gasteiger partial charge is 0.224 e. The summed E-state index contributed by atoms with van der Waals surface area (Å²) in [5.74, 6) is 1.74. The average Bonchev–Trinajstić information content (AvgIpc) is 2.35. The summed E-state index contributed by atoms with van der Waals surface area (Å²) >= 11 is 0. The molecule has 2 fully saturated rings. The Balaban J connectivity index is 1.83. The van der Waals surface area contributed by atoms with Gasteiger partial charge in [0.2, 0.25) is 5.91 Å². The van der Waals surface area contributed by atoms with E-state index in [9.17, 15) is 4.79 Å². The summed E-state index contributed by atoms with van der Waals surface area (Å²) < 4.78 is 0. The lowest BCUT2D eigenvalue weighted by Crippen LogP contribution is -2.48. The molecule has 0 spiro atoms. The number of rotatable bonds is 2. The minimum Gasteiger partial charge on any atom is -0.353 e. The van der Waals surface area contributed by atoms with E-state index in [1.807, 2.05) is 0 Å². The summed E-state index contributed by atoms with van der Waals surface area (Å²) in [4.78, 5) is 12.3. The Bertz CT molecular complexity index is 284. The molecule has 0 aliphatic heterocycles. The fraction of sp³-hybridized carbons (Fsp3) is 0.933. The van der Waals surface area contributed by atoms with Crippen molar-refractivity contribution in [2.75, 3.05) is 0 Å². The Hall–Kier alpha value is -0.570. The van der Waals surface area contributed by atoms with E-state index in [4.69, 9.17) is 5.73 Å². The SMILES string of the molecule is CC1CCC(NC(=O)C2CC(C)CCC2N)CC1. The normalized spacial score (nSPS) is 41.4. The third-order valence-corrected chi connectivity index (χ3v) is 4.86. The molecule has 0 aromatic rings. The van der Waals surface area contributed by atoms with Crippen LogP contribution >= 0.6 is 0 Å². The van der Waals surface area contributed by atoms with Gasteiger partial charge < -0.3 is 11.1 Å². The molecule has 0 radical (unpaired) electrons. The Morgan fingerprint density at radius 1 is 1.00 bits per heavy atom. The fourth-order valence-corrected chi connectivity index (χ4v) is 3.42. The Morgan fingerprint density at radius 3 is 2.28 bits per heavy atom. The highest BCUT2D eigenvalue weighted by atomic mass is 16.2. The first-order chi connectivity index (χ1) is 8.56. The highest BCUT2D eigenvalue weighted by molar-refractivity contribution is 5.79. The molecule has 0 aromatic heterocycles. The van der Waals surface area contributed by atoms with Crippen LogP contribution in [0, 0.1) is 17.8 Å². The lowest BCUT2D eigenvalue weighted by Gasteiger charge is -2.34. The molecule has 0 aromatic carbocycles. The van der Waals surface area contributed by atoms with Crippen LogP contribution < -0.4 is 11.1 Å². The van der Waals surface area contributed by atoms with E-state index in [1.165, 1.54) is 19.3 Å². The maximum Gasteiger partial charge on any atom is 0.224 e. The summed E-state index contributed by atoms with van der Waals surface area (Å²) in [5.41, 5.74) is 6.11. The van der Waals surface area contributed by atoms with E-state index in [2.05, 4.69) is 19.2 Å². The van der Waals surface area contributed by atoms with Gasteiger partial charge in [-0.25, -0.2) is 0 Å². The van der Waals surface area contributed by atoms with Gasteiger partial charge in [0, 0.05) is 12.1 Å². The molecule has 1 amide bonds. The van der Waals surface area contributed by atoms with Crippen LogP contribution in [0.1, 0.15) is 58.8 Å². The van der Waals surface area contributed by atoms with Crippen molar-refractivity contribution in [3.05, 3.63) is 0 Å². The summed E-state index contributed by atoms with van der Waals surface area (Å²) in [6.45, 7) is 4.53. The van der Waals surface area contributed by atoms with Crippen molar-refractivity contribution in [1.29, 1.82) is 0 Å². The van der Waals surface area contributed by atoms with Gasteiger partial charge in [0.1, 0.15) is 0 Å². The van der Waals surface area contributed by atoms with Gasteiger partial charge in [-0.1, -0.05) is 13.8 Å². The predicted octanol–water partition coefficient (Wildman–Crippen LogP) is 2.44. The maximum atomic E-state index is 12.3. The number of nitrogens with one attached hydrogen (secondary N) is 1. The number of nitrogens with two attached hydrogens (primary N) is 1. The van der Waals surface area contributed by atoms with Crippen molar-refractivity contribution in [2.45, 2.75) is 70.9 Å². The van der Waals surface area contributed by atoms with Gasteiger partial charge >= 0.3 is 0 Å². The largest absolute Gasteiger partial charge is 0.353 e. The molecule has 3 N–H and O–H groups in total. The molecule has 104 valence electrons. The van der Waals surface area contributed by atoms with Crippen LogP contribution in [0.4, 0.5) is 0 Å². The van der Waals surface area contributed by atoms with Crippen molar-refractivity contribution in [1.82, 2.24) is 5.32 Å². The monoisotopic (exact) mass is 252 g/mol. The van der Waals surface area contributed by atoms with Gasteiger partial charge in [0.15, 0.2) is 0 Å². The second-order valence-corrected chi connectivity index (χ2v) is 6.65. The topological polar surface area (TPSA) is 55.1 Å². The van der Waals surface area contributed by atoms with E-state index in [0.717, 1.165) is 31.6 Å². The zero-order chi connectivity index (χ0) is 13.1. The van der Waals surface area contributed by atoms with Gasteiger partial charge in [-0.05, 0) is 56.8 Å². The van der Waals surface area contributed by atoms with E-state index in [1.54, 1.807) is 0 Å². The van der Waals surface area contributed by atoms with Crippen LogP contribution in [-0.2, 0) is 4.79 Å². The number of hydrogen-bond acceptors (Lipinski definition) is 2. The highest BCUT2D eigenvalue weighted by Gasteiger charge is 2.32. The Kier molecular flexibility index (Phi) is 4.66. The first kappa shape index (κ1) is 13.9. The molecule has 2 saturated carbocycles. The predicted molar refractivity (Wildman–Crippen MR) is 74.0 cm³/mol. The summed E-state index contributed by atoms with van der Waals surface area (Å²) in [5, 5.41) is 3.24. The third kappa shape index (κ3) is 3.47. The third-order valence-electron chi connectivity index (χ3n) is 4.86. The molecule has 0 heterocycles. The molecule has 0 saturated heterocycles. The van der Waals surface area contributed by atoms with E-state index in [0.29, 0.717) is 12.0 Å². The number of hydrogen-bond donors (Lipinski definition) is 2. The van der Waals surface area contributed by atoms with Crippen molar-refractivity contribution in [3.8, 4) is 0 Å². The Labute approximate surface area is 111 Å². The van der Waals surface area contributed by atoms with Crippen molar-refractivity contribution in [3.63, 3.8) is 0 Å². The van der Waals surface area contributed by atoms with Gasteiger partial charge in [0.05, 0.1) is 5.92 Å². The Morgan fingerprint density at radius 2 is 1.61 bits per heavy atom. The summed E-state index contributed by atoms with van der Waals surface area (Å²) in [6.07, 6.45) is 7.92. The molecule has 18 heavy (non-hydrogen) atoms. The highest BCUT2D eigenvalue weighted by Crippen LogP contribution is 2.29. The standard InChI is InChI=1S/C15H28N2O/c1-10-3-6-12(7-4-10)17-15(18)13-9-11(2)5-8-14(13)16/h10-14H,3-9,16H2,1-2H3,(H,17,18). The van der Waals surface area contributed by atoms with Gasteiger partial charge in [-0.3, -0.25) is 4.79 Å². The first-order valence-electron chi connectivity index (χ1n) is 7.62. The van der Waals surface area contributed by atoms with Crippen LogP contribution in [0.25, 0.3) is 0 Å². The van der Waals surface area contributed by atoms with Crippen LogP contribution in [0.3, 0.4) is 0 Å². The van der Waals surface area contributed by atoms with Crippen molar-refractivity contribution < 1.29 is 4.79 Å². The van der Waals surface area contributed by atoms with Gasteiger partial charge in [-0.15, -0.1) is 0 Å². The van der Waals surface area contributed by atoms with E-state index < -0.39 is 0 Å². The van der Waals surface area contributed by atoms with Crippen molar-refractivity contribution in [2.24, 2.45) is 23.5 Å². The minimum absolute atomic E-state index is 0.0492. The molecule has 2 aliphatic carbocycles. The van der Waals surface area contributed by atoms with Crippen LogP contribution in [0.5, 0.6) is 0 Å². The molecule has 3 heteroatoms. The van der Waals surface area contributed by atoms with E-state index >= 15 is 0 Å². The second kappa shape index (κ2) is 6.05. The summed E-state index contributed by atoms with van der Waals surface area (Å²) in [7, 11) is 0. The lowest BCUT2D eigenvalue weighted by molar-refractivity contribution is -0.128. The number of carbonyl (C=O) groups is 1. The van der Waals surface area contributed by atoms with Crippen LogP contribution in [0.2, 0.25) is 0 Å². The van der Waals surface area contributed by atoms with Gasteiger partial charge in [0.25, 0.3) is 0 Å². The van der Waals surface area contributed by atoms with Crippen LogP contribution in [0.15, 0.2) is 0 Å². The molecule has 3 atom stereocenters. The molecule has 2 rings (SSSR count). The molecule has 3 nitrogen and oxygen atoms in total.